The molecule has 0 aromatic heterocycles. The number of thiocarbonyl (C=S) groups is 1. The predicted molar refractivity (Wildman–Crippen MR) is 126 cm³/mol. The maximum absolute atomic E-state index is 12.7. The molecule has 2 aromatic rings. The van der Waals surface area contributed by atoms with Gasteiger partial charge in [0.15, 0.2) is 5.11 Å². The molecule has 2 rings (SSSR count). The number of hydrogen-bond acceptors (Lipinski definition) is 4. The molecule has 30 heavy (non-hydrogen) atoms. The highest BCUT2D eigenvalue weighted by Gasteiger charge is 2.15. The highest BCUT2D eigenvalue weighted by Crippen LogP contribution is 2.23. The van der Waals surface area contributed by atoms with Crippen LogP contribution < -0.4 is 20.9 Å². The summed E-state index contributed by atoms with van der Waals surface area (Å²) in [6, 6.07) is 12.3. The fraction of sp³-hybridized carbons (Fsp3) is 0.318. The molecule has 160 valence electrons. The van der Waals surface area contributed by atoms with Crippen molar-refractivity contribution in [3.63, 3.8) is 0 Å². The standard InChI is InChI=1S/C22H26BrN3O3S/c1-3-4-5-6-13-29-19-12-11-17(23)14-18(19)21(28)24-22(30)26-25-20(27)16-9-7-15(2)8-10-16/h7-12,14H,3-6,13H2,1-2H3,(H,25,27)(H2,24,26,28,30). The van der Waals surface area contributed by atoms with Gasteiger partial charge in [0.2, 0.25) is 0 Å². The van der Waals surface area contributed by atoms with Crippen LogP contribution in [0.4, 0.5) is 0 Å². The number of unbranched alkanes of at least 4 members (excludes halogenated alkanes) is 3. The molecule has 0 radical (unpaired) electrons. The van der Waals surface area contributed by atoms with Gasteiger partial charge in [0.25, 0.3) is 11.8 Å². The van der Waals surface area contributed by atoms with Crippen molar-refractivity contribution in [2.24, 2.45) is 0 Å². The molecule has 0 saturated carbocycles. The third-order valence-corrected chi connectivity index (χ3v) is 4.97. The molecule has 2 amide bonds. The second-order valence-corrected chi connectivity index (χ2v) is 8.10. The number of halogens is 1. The minimum atomic E-state index is -0.429. The van der Waals surface area contributed by atoms with Gasteiger partial charge in [-0.25, -0.2) is 0 Å². The first-order valence-corrected chi connectivity index (χ1v) is 11.0. The van der Waals surface area contributed by atoms with Gasteiger partial charge in [-0.05, 0) is 55.9 Å². The number of hydrogen-bond donors (Lipinski definition) is 3. The summed E-state index contributed by atoms with van der Waals surface area (Å²) in [5.41, 5.74) is 6.90. The number of hydrazine groups is 1. The van der Waals surface area contributed by atoms with Crippen LogP contribution in [0.2, 0.25) is 0 Å². The van der Waals surface area contributed by atoms with E-state index in [1.54, 1.807) is 24.3 Å². The first-order chi connectivity index (χ1) is 14.4. The van der Waals surface area contributed by atoms with Crippen LogP contribution in [0.3, 0.4) is 0 Å². The Morgan fingerprint density at radius 3 is 2.43 bits per heavy atom. The third kappa shape index (κ3) is 7.76. The molecular weight excluding hydrogens is 466 g/mol. The van der Waals surface area contributed by atoms with E-state index in [9.17, 15) is 9.59 Å². The molecule has 0 spiro atoms. The van der Waals surface area contributed by atoms with Crippen molar-refractivity contribution in [2.45, 2.75) is 39.5 Å². The fourth-order valence-electron chi connectivity index (χ4n) is 2.61. The molecule has 0 heterocycles. The number of benzene rings is 2. The van der Waals surface area contributed by atoms with Crippen LogP contribution in [0.1, 0.15) is 58.9 Å². The van der Waals surface area contributed by atoms with Gasteiger partial charge in [-0.15, -0.1) is 0 Å². The summed E-state index contributed by atoms with van der Waals surface area (Å²) in [4.78, 5) is 24.8. The Morgan fingerprint density at radius 2 is 1.73 bits per heavy atom. The van der Waals surface area contributed by atoms with Crippen LogP contribution in [0, 0.1) is 6.92 Å². The number of rotatable bonds is 8. The Balaban J connectivity index is 1.90. The molecule has 8 heteroatoms. The molecule has 2 aromatic carbocycles. The van der Waals surface area contributed by atoms with E-state index in [1.807, 2.05) is 25.1 Å². The van der Waals surface area contributed by atoms with E-state index in [0.717, 1.165) is 35.7 Å². The van der Waals surface area contributed by atoms with Crippen LogP contribution >= 0.6 is 28.1 Å². The second-order valence-electron chi connectivity index (χ2n) is 6.78. The van der Waals surface area contributed by atoms with E-state index in [1.165, 1.54) is 0 Å². The van der Waals surface area contributed by atoms with Crippen molar-refractivity contribution >= 4 is 45.1 Å². The van der Waals surface area contributed by atoms with E-state index in [-0.39, 0.29) is 11.0 Å². The van der Waals surface area contributed by atoms with Crippen LogP contribution in [-0.4, -0.2) is 23.5 Å². The summed E-state index contributed by atoms with van der Waals surface area (Å²) in [5.74, 6) is -0.300. The first-order valence-electron chi connectivity index (χ1n) is 9.81. The lowest BCUT2D eigenvalue weighted by Crippen LogP contribution is -2.48. The lowest BCUT2D eigenvalue weighted by Gasteiger charge is -2.14. The Labute approximate surface area is 190 Å². The van der Waals surface area contributed by atoms with Crippen LogP contribution in [0.5, 0.6) is 5.75 Å². The number of carbonyl (C=O) groups excluding carboxylic acids is 2. The molecule has 0 aliphatic heterocycles. The third-order valence-electron chi connectivity index (χ3n) is 4.27. The SMILES string of the molecule is CCCCCCOc1ccc(Br)cc1C(=O)NC(=S)NNC(=O)c1ccc(C)cc1. The average Bonchev–Trinajstić information content (AvgIpc) is 2.73. The summed E-state index contributed by atoms with van der Waals surface area (Å²) < 4.78 is 6.54. The van der Waals surface area contributed by atoms with Gasteiger partial charge in [0.1, 0.15) is 5.75 Å². The van der Waals surface area contributed by atoms with Gasteiger partial charge in [0, 0.05) is 10.0 Å². The van der Waals surface area contributed by atoms with Gasteiger partial charge < -0.3 is 4.74 Å². The highest BCUT2D eigenvalue weighted by molar-refractivity contribution is 9.10. The number of ether oxygens (including phenoxy) is 1. The van der Waals surface area contributed by atoms with Crippen molar-refractivity contribution < 1.29 is 14.3 Å². The van der Waals surface area contributed by atoms with E-state index >= 15 is 0 Å². The lowest BCUT2D eigenvalue weighted by molar-refractivity contribution is 0.0933. The van der Waals surface area contributed by atoms with E-state index in [2.05, 4.69) is 39.0 Å². The zero-order chi connectivity index (χ0) is 21.9. The van der Waals surface area contributed by atoms with E-state index in [0.29, 0.717) is 23.5 Å². The quantitative estimate of drug-likeness (QED) is 0.284. The Kier molecular flexibility index (Phi) is 9.76. The fourth-order valence-corrected chi connectivity index (χ4v) is 3.11. The normalized spacial score (nSPS) is 10.2. The lowest BCUT2D eigenvalue weighted by atomic mass is 10.1. The van der Waals surface area contributed by atoms with Gasteiger partial charge in [-0.1, -0.05) is 59.8 Å². The molecule has 0 aliphatic rings. The van der Waals surface area contributed by atoms with Crippen LogP contribution in [0.25, 0.3) is 0 Å². The largest absolute Gasteiger partial charge is 0.493 e. The summed E-state index contributed by atoms with van der Waals surface area (Å²) in [6.45, 7) is 4.63. The number of amides is 2. The maximum Gasteiger partial charge on any atom is 0.269 e. The molecule has 3 N–H and O–H groups in total. The van der Waals surface area contributed by atoms with Crippen molar-refractivity contribution in [1.82, 2.24) is 16.2 Å². The number of carbonyl (C=O) groups is 2. The monoisotopic (exact) mass is 491 g/mol. The van der Waals surface area contributed by atoms with Crippen LogP contribution in [0.15, 0.2) is 46.9 Å². The van der Waals surface area contributed by atoms with Crippen molar-refractivity contribution in [1.29, 1.82) is 0 Å². The van der Waals surface area contributed by atoms with Crippen molar-refractivity contribution in [2.75, 3.05) is 6.61 Å². The Hall–Kier alpha value is -2.45. The molecule has 0 aliphatic carbocycles. The van der Waals surface area contributed by atoms with Gasteiger partial charge in [0.05, 0.1) is 12.2 Å². The first kappa shape index (κ1) is 23.8. The molecule has 0 unspecified atom stereocenters. The Bertz CT molecular complexity index is 888. The molecule has 6 nitrogen and oxygen atoms in total. The van der Waals surface area contributed by atoms with Crippen molar-refractivity contribution in [3.05, 3.63) is 63.6 Å². The predicted octanol–water partition coefficient (Wildman–Crippen LogP) is 4.67. The smallest absolute Gasteiger partial charge is 0.269 e. The van der Waals surface area contributed by atoms with Gasteiger partial charge in [-0.3, -0.25) is 25.8 Å². The molecule has 0 atom stereocenters. The molecule has 0 saturated heterocycles. The zero-order valence-electron chi connectivity index (χ0n) is 17.1. The highest BCUT2D eigenvalue weighted by atomic mass is 79.9. The number of nitrogens with one attached hydrogen (secondary N) is 3. The molecular formula is C22H26BrN3O3S. The van der Waals surface area contributed by atoms with Crippen LogP contribution in [-0.2, 0) is 0 Å². The van der Waals surface area contributed by atoms with E-state index in [4.69, 9.17) is 17.0 Å². The van der Waals surface area contributed by atoms with Gasteiger partial charge in [-0.2, -0.15) is 0 Å². The molecule has 0 fully saturated rings. The second kappa shape index (κ2) is 12.3. The average molecular weight is 492 g/mol. The summed E-state index contributed by atoms with van der Waals surface area (Å²) in [5, 5.41) is 2.54. The summed E-state index contributed by atoms with van der Waals surface area (Å²) in [6.07, 6.45) is 4.32. The molecule has 0 bridgehead atoms. The van der Waals surface area contributed by atoms with E-state index < -0.39 is 5.91 Å². The topological polar surface area (TPSA) is 79.5 Å². The summed E-state index contributed by atoms with van der Waals surface area (Å²) >= 11 is 8.49. The maximum atomic E-state index is 12.7. The minimum absolute atomic E-state index is 0.0191. The number of aryl methyl sites for hydroxylation is 1. The Morgan fingerprint density at radius 1 is 1.00 bits per heavy atom. The minimum Gasteiger partial charge on any atom is -0.493 e. The zero-order valence-corrected chi connectivity index (χ0v) is 19.5. The van der Waals surface area contributed by atoms with Gasteiger partial charge >= 0.3 is 0 Å². The summed E-state index contributed by atoms with van der Waals surface area (Å²) in [7, 11) is 0. The van der Waals surface area contributed by atoms with Crippen molar-refractivity contribution in [3.8, 4) is 5.75 Å².